The quantitative estimate of drug-likeness (QED) is 0.560. The molecule has 6 nitrogen and oxygen atoms in total. The Bertz CT molecular complexity index is 936. The van der Waals surface area contributed by atoms with Crippen molar-refractivity contribution in [3.8, 4) is 0 Å². The Morgan fingerprint density at radius 3 is 2.45 bits per heavy atom. The number of hydrogen-bond donors (Lipinski definition) is 3. The van der Waals surface area contributed by atoms with Crippen LogP contribution in [0.4, 0.5) is 5.00 Å². The van der Waals surface area contributed by atoms with Gasteiger partial charge in [-0.2, -0.15) is 0 Å². The van der Waals surface area contributed by atoms with E-state index in [4.69, 9.17) is 16.3 Å². The number of benzene rings is 1. The van der Waals surface area contributed by atoms with Crippen LogP contribution >= 0.6 is 22.9 Å². The summed E-state index contributed by atoms with van der Waals surface area (Å²) in [4.78, 5) is 29.2. The van der Waals surface area contributed by atoms with Gasteiger partial charge in [0.1, 0.15) is 37.7 Å². The van der Waals surface area contributed by atoms with Crippen molar-refractivity contribution in [1.82, 2.24) is 0 Å². The first-order chi connectivity index (χ1) is 15.0. The lowest BCUT2D eigenvalue weighted by molar-refractivity contribution is -1.02. The number of fused-ring (bicyclic) bond motifs is 1. The number of hydrogen-bond acceptors (Lipinski definition) is 4. The molecule has 0 unspecified atom stereocenters. The van der Waals surface area contributed by atoms with Gasteiger partial charge in [-0.25, -0.2) is 4.79 Å². The first-order valence-electron chi connectivity index (χ1n) is 11.0. The smallest absolute Gasteiger partial charge is 0.341 e. The molecule has 1 aliphatic carbocycles. The van der Waals surface area contributed by atoms with E-state index >= 15 is 0 Å². The molecule has 166 valence electrons. The maximum atomic E-state index is 12.8. The molecule has 1 aromatic heterocycles. The van der Waals surface area contributed by atoms with Gasteiger partial charge in [0.05, 0.1) is 12.7 Å². The number of quaternary nitrogens is 2. The Hall–Kier alpha value is -1.93. The number of carbonyl (C=O) groups excluding carboxylic acids is 2. The highest BCUT2D eigenvalue weighted by Gasteiger charge is 2.29. The molecule has 0 radical (unpaired) electrons. The molecular formula is C23H30ClN3O3S+2. The van der Waals surface area contributed by atoms with Crippen molar-refractivity contribution in [2.75, 3.05) is 45.2 Å². The third kappa shape index (κ3) is 5.47. The van der Waals surface area contributed by atoms with E-state index in [0.29, 0.717) is 17.1 Å². The summed E-state index contributed by atoms with van der Waals surface area (Å²) >= 11 is 7.51. The molecule has 2 aliphatic rings. The molecule has 31 heavy (non-hydrogen) atoms. The largest absolute Gasteiger partial charge is 0.465 e. The average Bonchev–Trinajstić information content (AvgIpc) is 3.13. The molecule has 4 rings (SSSR count). The van der Waals surface area contributed by atoms with E-state index in [9.17, 15) is 9.59 Å². The third-order valence-electron chi connectivity index (χ3n) is 6.26. The molecule has 1 aromatic carbocycles. The molecule has 1 aliphatic heterocycles. The van der Waals surface area contributed by atoms with Gasteiger partial charge in [-0.3, -0.25) is 4.79 Å². The van der Waals surface area contributed by atoms with Crippen LogP contribution in [-0.2, 0) is 28.9 Å². The summed E-state index contributed by atoms with van der Waals surface area (Å²) in [6, 6.07) is 8.05. The monoisotopic (exact) mass is 463 g/mol. The maximum absolute atomic E-state index is 12.8. The van der Waals surface area contributed by atoms with E-state index in [1.807, 2.05) is 12.1 Å². The predicted octanol–water partition coefficient (Wildman–Crippen LogP) is 0.989. The molecule has 0 spiro atoms. The molecule has 1 saturated heterocycles. The third-order valence-corrected chi connectivity index (χ3v) is 7.72. The van der Waals surface area contributed by atoms with Crippen LogP contribution in [0.2, 0.25) is 5.02 Å². The minimum absolute atomic E-state index is 0.0279. The highest BCUT2D eigenvalue weighted by atomic mass is 35.5. The van der Waals surface area contributed by atoms with Gasteiger partial charge in [-0.15, -0.1) is 11.3 Å². The van der Waals surface area contributed by atoms with Gasteiger partial charge in [0.2, 0.25) is 0 Å². The molecular weight excluding hydrogens is 434 g/mol. The lowest BCUT2D eigenvalue weighted by Crippen LogP contribution is -3.28. The number of halogens is 1. The van der Waals surface area contributed by atoms with Gasteiger partial charge in [-0.1, -0.05) is 23.7 Å². The lowest BCUT2D eigenvalue weighted by Gasteiger charge is -2.29. The summed E-state index contributed by atoms with van der Waals surface area (Å²) in [5.74, 6) is -0.374. The van der Waals surface area contributed by atoms with Crippen LogP contribution in [-0.4, -0.2) is 51.7 Å². The fourth-order valence-corrected chi connectivity index (χ4v) is 5.99. The normalized spacial score (nSPS) is 20.7. The highest BCUT2D eigenvalue weighted by Crippen LogP contribution is 2.38. The molecule has 1 amide bonds. The second-order valence-corrected chi connectivity index (χ2v) is 9.98. The second kappa shape index (κ2) is 10.1. The molecule has 2 aromatic rings. The Labute approximate surface area is 192 Å². The number of methoxy groups -OCH3 is 1. The first kappa shape index (κ1) is 22.3. The summed E-state index contributed by atoms with van der Waals surface area (Å²) < 4.78 is 5.00. The molecule has 8 heteroatoms. The van der Waals surface area contributed by atoms with Crippen LogP contribution in [0.5, 0.6) is 0 Å². The van der Waals surface area contributed by atoms with Gasteiger partial charge < -0.3 is 19.9 Å². The summed E-state index contributed by atoms with van der Waals surface area (Å²) in [6.07, 6.45) is 4.07. The Kier molecular flexibility index (Phi) is 7.27. The number of piperazine rings is 1. The highest BCUT2D eigenvalue weighted by molar-refractivity contribution is 7.17. The van der Waals surface area contributed by atoms with Gasteiger partial charge in [0.25, 0.3) is 5.91 Å². The van der Waals surface area contributed by atoms with Crippen molar-refractivity contribution in [1.29, 1.82) is 0 Å². The van der Waals surface area contributed by atoms with Crippen LogP contribution in [0.3, 0.4) is 0 Å². The summed E-state index contributed by atoms with van der Waals surface area (Å²) in [7, 11) is 1.40. The Balaban J connectivity index is 1.31. The molecule has 3 N–H and O–H groups in total. The minimum Gasteiger partial charge on any atom is -0.465 e. The van der Waals surface area contributed by atoms with Crippen LogP contribution in [0.1, 0.15) is 39.2 Å². The van der Waals surface area contributed by atoms with Gasteiger partial charge in [-0.05, 0) is 43.4 Å². The molecule has 0 atom stereocenters. The number of rotatable bonds is 6. The zero-order valence-corrected chi connectivity index (χ0v) is 19.5. The summed E-state index contributed by atoms with van der Waals surface area (Å²) in [5.41, 5.74) is 2.94. The topological polar surface area (TPSA) is 64.3 Å². The van der Waals surface area contributed by atoms with E-state index in [1.54, 1.807) is 11.3 Å². The van der Waals surface area contributed by atoms with Crippen molar-refractivity contribution in [3.63, 3.8) is 0 Å². The first-order valence-corrected chi connectivity index (χ1v) is 12.2. The SMILES string of the molecule is COC(=O)c1c(NC(=O)C[NH+]2CC[NH+](Cc3ccc(Cl)cc3)CC2)sc2c1CCCC2. The number of anilines is 1. The fraction of sp³-hybridized carbons (Fsp3) is 0.478. The van der Waals surface area contributed by atoms with E-state index in [0.717, 1.165) is 69.0 Å². The van der Waals surface area contributed by atoms with Crippen LogP contribution < -0.4 is 15.1 Å². The van der Waals surface area contributed by atoms with Crippen molar-refractivity contribution < 1.29 is 24.1 Å². The number of thiophene rings is 1. The Morgan fingerprint density at radius 1 is 1.06 bits per heavy atom. The number of ether oxygens (including phenoxy) is 1. The van der Waals surface area contributed by atoms with Crippen LogP contribution in [0.15, 0.2) is 24.3 Å². The zero-order chi connectivity index (χ0) is 21.8. The van der Waals surface area contributed by atoms with Gasteiger partial charge in [0.15, 0.2) is 6.54 Å². The van der Waals surface area contributed by atoms with Crippen molar-refractivity contribution in [2.24, 2.45) is 0 Å². The van der Waals surface area contributed by atoms with E-state index < -0.39 is 0 Å². The molecule has 1 fully saturated rings. The molecule has 2 heterocycles. The zero-order valence-electron chi connectivity index (χ0n) is 17.9. The van der Waals surface area contributed by atoms with Gasteiger partial charge in [0, 0.05) is 15.5 Å². The van der Waals surface area contributed by atoms with E-state index in [-0.39, 0.29) is 11.9 Å². The van der Waals surface area contributed by atoms with Gasteiger partial charge >= 0.3 is 5.97 Å². The van der Waals surface area contributed by atoms with E-state index in [1.165, 1.54) is 27.4 Å². The summed E-state index contributed by atoms with van der Waals surface area (Å²) in [5, 5.41) is 4.45. The van der Waals surface area contributed by atoms with Crippen molar-refractivity contribution in [3.05, 3.63) is 50.9 Å². The predicted molar refractivity (Wildman–Crippen MR) is 122 cm³/mol. The summed E-state index contributed by atoms with van der Waals surface area (Å²) in [6.45, 7) is 5.40. The minimum atomic E-state index is -0.346. The Morgan fingerprint density at radius 2 is 1.74 bits per heavy atom. The standard InChI is InChI=1S/C23H28ClN3O3S/c1-30-23(29)21-18-4-2-3-5-19(18)31-22(21)25-20(28)15-27-12-10-26(11-13-27)14-16-6-8-17(24)9-7-16/h6-9H,2-5,10-15H2,1H3,(H,25,28)/p+2. The number of esters is 1. The molecule has 0 saturated carbocycles. The number of carbonyl (C=O) groups is 2. The second-order valence-electron chi connectivity index (χ2n) is 8.43. The number of aryl methyl sites for hydroxylation is 1. The van der Waals surface area contributed by atoms with E-state index in [2.05, 4.69) is 17.4 Å². The fourth-order valence-electron chi connectivity index (χ4n) is 4.57. The van der Waals surface area contributed by atoms with Crippen LogP contribution in [0, 0.1) is 0 Å². The molecule has 0 bridgehead atoms. The lowest BCUT2D eigenvalue weighted by atomic mass is 9.95. The van der Waals surface area contributed by atoms with Crippen LogP contribution in [0.25, 0.3) is 0 Å². The maximum Gasteiger partial charge on any atom is 0.341 e. The number of amides is 1. The average molecular weight is 464 g/mol. The van der Waals surface area contributed by atoms with Crippen molar-refractivity contribution >= 4 is 39.8 Å². The van der Waals surface area contributed by atoms with Crippen molar-refractivity contribution in [2.45, 2.75) is 32.2 Å². The number of nitrogens with one attached hydrogen (secondary N) is 3.